The monoisotopic (exact) mass is 286 g/mol. The van der Waals surface area contributed by atoms with E-state index in [1.54, 1.807) is 0 Å². The van der Waals surface area contributed by atoms with E-state index in [1.165, 1.54) is 0 Å². The third-order valence-electron chi connectivity index (χ3n) is 5.20. The van der Waals surface area contributed by atoms with Crippen LogP contribution in [0.4, 0.5) is 0 Å². The highest BCUT2D eigenvalue weighted by atomic mass is 16.7. The molecule has 0 bridgehead atoms. The summed E-state index contributed by atoms with van der Waals surface area (Å²) in [6.07, 6.45) is 1.65. The molecular weight excluding hydrogens is 267 g/mol. The van der Waals surface area contributed by atoms with Gasteiger partial charge in [0.15, 0.2) is 5.60 Å². The average molecular weight is 286 g/mol. The van der Waals surface area contributed by atoms with E-state index in [0.717, 1.165) is 18.3 Å². The summed E-state index contributed by atoms with van der Waals surface area (Å²) in [4.78, 5) is 12.4. The second-order valence-corrected chi connectivity index (χ2v) is 7.27. The van der Waals surface area contributed by atoms with E-state index in [1.807, 2.05) is 45.9 Å². The number of carbonyl (C=O) groups excluding carboxylic acids is 1. The molecule has 1 spiro atoms. The Morgan fingerprint density at radius 1 is 1.05 bits per heavy atom. The molecule has 4 rings (SSSR count). The van der Waals surface area contributed by atoms with Crippen molar-refractivity contribution in [3.63, 3.8) is 0 Å². The number of Topliss-reactive ketones (excluding diaryl/α,β-unsaturated/α-hetero) is 1. The highest BCUT2D eigenvalue weighted by Gasteiger charge is 2.58. The lowest BCUT2D eigenvalue weighted by Gasteiger charge is -2.32. The molecule has 2 fully saturated rings. The summed E-state index contributed by atoms with van der Waals surface area (Å²) in [5.74, 6) is 0.800. The smallest absolute Gasteiger partial charge is 0.478 e. The Balaban J connectivity index is 1.67. The normalized spacial score (nSPS) is 26.9. The minimum atomic E-state index is -0.545. The molecule has 2 aliphatic heterocycles. The Morgan fingerprint density at radius 3 is 2.24 bits per heavy atom. The Bertz CT molecular complexity index is 630. The molecule has 1 aliphatic carbocycles. The van der Waals surface area contributed by atoms with Crippen LogP contribution in [0.15, 0.2) is 18.2 Å². The molecule has 1 aromatic carbocycles. The van der Waals surface area contributed by atoms with Gasteiger partial charge in [0.25, 0.3) is 0 Å². The molecule has 0 unspecified atom stereocenters. The zero-order valence-electron chi connectivity index (χ0n) is 12.9. The first-order valence-corrected chi connectivity index (χ1v) is 7.48. The summed E-state index contributed by atoms with van der Waals surface area (Å²) >= 11 is 0. The maximum absolute atomic E-state index is 12.4. The Hall–Kier alpha value is -1.33. The van der Waals surface area contributed by atoms with Crippen molar-refractivity contribution in [2.45, 2.75) is 57.3 Å². The molecule has 1 saturated heterocycles. The van der Waals surface area contributed by atoms with Gasteiger partial charge >= 0.3 is 7.12 Å². The van der Waals surface area contributed by atoms with E-state index in [-0.39, 0.29) is 17.0 Å². The SMILES string of the molecule is CC1(C)OB(c2ccc3c(c2)C(=O)C2(CC2)O3)OC1(C)C. The van der Waals surface area contributed by atoms with E-state index in [2.05, 4.69) is 0 Å². The van der Waals surface area contributed by atoms with E-state index < -0.39 is 12.7 Å². The van der Waals surface area contributed by atoms with Gasteiger partial charge in [-0.2, -0.15) is 0 Å². The predicted molar refractivity (Wildman–Crippen MR) is 79.1 cm³/mol. The zero-order valence-corrected chi connectivity index (χ0v) is 12.9. The zero-order chi connectivity index (χ0) is 15.0. The maximum Gasteiger partial charge on any atom is 0.494 e. The first-order chi connectivity index (χ1) is 9.74. The van der Waals surface area contributed by atoms with Crippen LogP contribution in [0.25, 0.3) is 0 Å². The lowest BCUT2D eigenvalue weighted by Crippen LogP contribution is -2.41. The molecule has 1 aromatic rings. The fraction of sp³-hybridized carbons (Fsp3) is 0.562. The lowest BCUT2D eigenvalue weighted by molar-refractivity contribution is 0.00578. The number of ether oxygens (including phenoxy) is 1. The molecule has 0 atom stereocenters. The number of benzene rings is 1. The van der Waals surface area contributed by atoms with Crippen LogP contribution in [-0.4, -0.2) is 29.7 Å². The van der Waals surface area contributed by atoms with E-state index in [0.29, 0.717) is 11.3 Å². The van der Waals surface area contributed by atoms with Crippen molar-refractivity contribution < 1.29 is 18.8 Å². The Kier molecular flexibility index (Phi) is 2.36. The third-order valence-corrected chi connectivity index (χ3v) is 5.20. The van der Waals surface area contributed by atoms with Crippen molar-refractivity contribution in [1.82, 2.24) is 0 Å². The van der Waals surface area contributed by atoms with Crippen LogP contribution in [-0.2, 0) is 9.31 Å². The van der Waals surface area contributed by atoms with Crippen LogP contribution < -0.4 is 10.2 Å². The van der Waals surface area contributed by atoms with Gasteiger partial charge in [0.1, 0.15) is 5.75 Å². The van der Waals surface area contributed by atoms with E-state index in [4.69, 9.17) is 14.0 Å². The minimum absolute atomic E-state index is 0.107. The number of hydrogen-bond acceptors (Lipinski definition) is 4. The first-order valence-electron chi connectivity index (χ1n) is 7.48. The van der Waals surface area contributed by atoms with Crippen molar-refractivity contribution in [1.29, 1.82) is 0 Å². The van der Waals surface area contributed by atoms with Crippen molar-refractivity contribution in [3.8, 4) is 5.75 Å². The number of fused-ring (bicyclic) bond motifs is 1. The Morgan fingerprint density at radius 2 is 1.67 bits per heavy atom. The molecule has 21 heavy (non-hydrogen) atoms. The largest absolute Gasteiger partial charge is 0.494 e. The van der Waals surface area contributed by atoms with Crippen LogP contribution in [0.3, 0.4) is 0 Å². The molecule has 3 aliphatic rings. The summed E-state index contributed by atoms with van der Waals surface area (Å²) in [6, 6.07) is 5.66. The van der Waals surface area contributed by atoms with Crippen molar-refractivity contribution in [3.05, 3.63) is 23.8 Å². The van der Waals surface area contributed by atoms with Crippen LogP contribution in [0.1, 0.15) is 50.9 Å². The summed E-state index contributed by atoms with van der Waals surface area (Å²) in [6.45, 7) is 8.09. The molecular formula is C16H19BO4. The van der Waals surface area contributed by atoms with Crippen LogP contribution in [0.5, 0.6) is 5.75 Å². The molecule has 2 heterocycles. The number of ketones is 1. The lowest BCUT2D eigenvalue weighted by atomic mass is 9.78. The van der Waals surface area contributed by atoms with Gasteiger partial charge in [-0.3, -0.25) is 4.79 Å². The highest BCUT2D eigenvalue weighted by Crippen LogP contribution is 2.49. The van der Waals surface area contributed by atoms with E-state index >= 15 is 0 Å². The van der Waals surface area contributed by atoms with E-state index in [9.17, 15) is 4.79 Å². The molecule has 0 radical (unpaired) electrons. The van der Waals surface area contributed by atoms with Crippen LogP contribution in [0, 0.1) is 0 Å². The molecule has 0 amide bonds. The first kappa shape index (κ1) is 13.3. The molecule has 110 valence electrons. The average Bonchev–Trinajstić information content (AvgIpc) is 3.06. The standard InChI is InChI=1S/C16H19BO4/c1-14(2)15(3,4)21-17(20-14)10-5-6-12-11(9-10)13(18)16(19-12)7-8-16/h5-6,9H,7-8H2,1-4H3. The second kappa shape index (κ2) is 3.71. The fourth-order valence-corrected chi connectivity index (χ4v) is 2.88. The molecule has 0 aromatic heterocycles. The quantitative estimate of drug-likeness (QED) is 0.742. The third kappa shape index (κ3) is 1.74. The van der Waals surface area contributed by atoms with Crippen molar-refractivity contribution in [2.24, 2.45) is 0 Å². The van der Waals surface area contributed by atoms with Crippen LogP contribution >= 0.6 is 0 Å². The summed E-state index contributed by atoms with van der Waals surface area (Å²) in [5, 5.41) is 0. The molecule has 5 heteroatoms. The molecule has 1 saturated carbocycles. The molecule has 4 nitrogen and oxygen atoms in total. The highest BCUT2D eigenvalue weighted by molar-refractivity contribution is 6.62. The van der Waals surface area contributed by atoms with Gasteiger partial charge < -0.3 is 14.0 Å². The Labute approximate surface area is 124 Å². The number of hydrogen-bond donors (Lipinski definition) is 0. The topological polar surface area (TPSA) is 44.8 Å². The fourth-order valence-electron chi connectivity index (χ4n) is 2.88. The van der Waals surface area contributed by atoms with Crippen molar-refractivity contribution >= 4 is 18.4 Å². The van der Waals surface area contributed by atoms with Crippen molar-refractivity contribution in [2.75, 3.05) is 0 Å². The minimum Gasteiger partial charge on any atom is -0.478 e. The van der Waals surface area contributed by atoms with Gasteiger partial charge in [-0.1, -0.05) is 6.07 Å². The predicted octanol–water partition coefficient (Wildman–Crippen LogP) is 2.09. The van der Waals surface area contributed by atoms with Gasteiger partial charge in [0.2, 0.25) is 5.78 Å². The van der Waals surface area contributed by atoms with Gasteiger partial charge in [-0.15, -0.1) is 0 Å². The van der Waals surface area contributed by atoms with Gasteiger partial charge in [-0.25, -0.2) is 0 Å². The van der Waals surface area contributed by atoms with Crippen LogP contribution in [0.2, 0.25) is 0 Å². The van der Waals surface area contributed by atoms with Gasteiger partial charge in [0.05, 0.1) is 16.8 Å². The number of rotatable bonds is 1. The number of carbonyl (C=O) groups is 1. The van der Waals surface area contributed by atoms with Gasteiger partial charge in [0, 0.05) is 0 Å². The molecule has 0 N–H and O–H groups in total. The summed E-state index contributed by atoms with van der Waals surface area (Å²) < 4.78 is 17.9. The summed E-state index contributed by atoms with van der Waals surface area (Å²) in [7, 11) is -0.441. The maximum atomic E-state index is 12.4. The summed E-state index contributed by atoms with van der Waals surface area (Å²) in [5.41, 5.74) is 0.238. The second-order valence-electron chi connectivity index (χ2n) is 7.27. The van der Waals surface area contributed by atoms with Gasteiger partial charge in [-0.05, 0) is 58.1 Å².